The molecule has 2 heterocycles. The molecule has 0 bridgehead atoms. The quantitative estimate of drug-likeness (QED) is 0.0997. The Morgan fingerprint density at radius 1 is 1.05 bits per heavy atom. The maximum Gasteiger partial charge on any atom is 0.344 e. The zero-order valence-corrected chi connectivity index (χ0v) is 23.8. The molecule has 0 radical (unpaired) electrons. The number of carbonyl (C=O) groups is 7. The first-order chi connectivity index (χ1) is 19.1. The standard InChI is InChI=1S/C12H23N3O4.C8H11NO5.C5H9NO2/c1-7(2)6-9(15-3)12(18)19-11(17)8(13)4-5-10(14)16;1-4(7(11)12)14-8(13)5-2-3-6(10)9-5;7-5(8)4-2-1-3-6-4/h7-9,15H,4-6,13H2,1-3H3,(H2,14,16);4-5H,2-3H2,1H3,(H,9,10)(H,11,12);4,6H,1-3H2,(H,7,8)/t8?,9-;4-,5-;4-/m000/s1. The average Bonchev–Trinajstić information content (AvgIpc) is 3.58. The van der Waals surface area contributed by atoms with Crippen molar-refractivity contribution in [3.63, 3.8) is 0 Å². The topological polar surface area (TPSA) is 267 Å². The van der Waals surface area contributed by atoms with Gasteiger partial charge in [-0.05, 0) is 58.5 Å². The Hall–Kier alpha value is -3.63. The largest absolute Gasteiger partial charge is 0.480 e. The number of esters is 3. The lowest BCUT2D eigenvalue weighted by atomic mass is 10.0. The summed E-state index contributed by atoms with van der Waals surface area (Å²) in [6, 6.07) is -2.53. The third kappa shape index (κ3) is 16.3. The number of hydrogen-bond acceptors (Lipinski definition) is 12. The SMILES string of the molecule is CN[C@@H](CC(C)C)C(=O)OC(=O)C(N)CCC(N)=O.C[C@H](OC(=O)[C@@H]1CCC(=O)N1)C(=O)O.O=C(O)[C@@H]1CCCN1. The van der Waals surface area contributed by atoms with Gasteiger partial charge in [0.2, 0.25) is 11.8 Å². The van der Waals surface area contributed by atoms with Crippen molar-refractivity contribution in [3.8, 4) is 0 Å². The molecule has 16 heteroatoms. The molecule has 41 heavy (non-hydrogen) atoms. The molecule has 2 amide bonds. The van der Waals surface area contributed by atoms with E-state index in [1.165, 1.54) is 6.92 Å². The molecular formula is C25H43N5O11. The molecule has 0 aromatic heterocycles. The molecule has 0 aromatic carbocycles. The van der Waals surface area contributed by atoms with Crippen molar-refractivity contribution in [2.75, 3.05) is 13.6 Å². The summed E-state index contributed by atoms with van der Waals surface area (Å²) in [7, 11) is 1.62. The molecule has 0 aliphatic carbocycles. The predicted octanol–water partition coefficient (Wildman–Crippen LogP) is -1.61. The van der Waals surface area contributed by atoms with E-state index in [1.54, 1.807) is 7.05 Å². The Balaban J connectivity index is 0.000000632. The first-order valence-electron chi connectivity index (χ1n) is 13.2. The van der Waals surface area contributed by atoms with Gasteiger partial charge in [-0.25, -0.2) is 19.2 Å². The van der Waals surface area contributed by atoms with Crippen LogP contribution in [0, 0.1) is 5.92 Å². The number of carbonyl (C=O) groups excluding carboxylic acids is 5. The Bertz CT molecular complexity index is 922. The van der Waals surface area contributed by atoms with Crippen molar-refractivity contribution >= 4 is 41.7 Å². The van der Waals surface area contributed by atoms with E-state index < -0.39 is 60.0 Å². The minimum absolute atomic E-state index is 0.0219. The maximum atomic E-state index is 11.7. The average molecular weight is 590 g/mol. The van der Waals surface area contributed by atoms with Gasteiger partial charge in [0.1, 0.15) is 24.2 Å². The third-order valence-electron chi connectivity index (χ3n) is 5.82. The van der Waals surface area contributed by atoms with E-state index in [0.29, 0.717) is 12.8 Å². The van der Waals surface area contributed by atoms with Crippen molar-refractivity contribution in [1.29, 1.82) is 0 Å². The van der Waals surface area contributed by atoms with Crippen LogP contribution in [0.5, 0.6) is 0 Å². The molecule has 9 N–H and O–H groups in total. The van der Waals surface area contributed by atoms with Crippen LogP contribution in [0.4, 0.5) is 0 Å². The number of nitrogens with two attached hydrogens (primary N) is 2. The molecular weight excluding hydrogens is 546 g/mol. The van der Waals surface area contributed by atoms with Crippen LogP contribution in [0.2, 0.25) is 0 Å². The zero-order valence-electron chi connectivity index (χ0n) is 23.8. The van der Waals surface area contributed by atoms with E-state index in [-0.39, 0.29) is 37.1 Å². The fourth-order valence-corrected chi connectivity index (χ4v) is 3.46. The fourth-order valence-electron chi connectivity index (χ4n) is 3.46. The Labute approximate surface area is 238 Å². The number of hydrogen-bond donors (Lipinski definition) is 7. The van der Waals surface area contributed by atoms with Crippen LogP contribution in [-0.4, -0.2) is 95.7 Å². The van der Waals surface area contributed by atoms with Gasteiger partial charge in [-0.1, -0.05) is 13.8 Å². The van der Waals surface area contributed by atoms with Gasteiger partial charge >= 0.3 is 29.8 Å². The molecule has 2 rings (SSSR count). The predicted molar refractivity (Wildman–Crippen MR) is 143 cm³/mol. The number of carboxylic acid groups (broad SMARTS) is 2. The van der Waals surface area contributed by atoms with Gasteiger partial charge in [-0.15, -0.1) is 0 Å². The second-order valence-corrected chi connectivity index (χ2v) is 9.89. The van der Waals surface area contributed by atoms with E-state index in [1.807, 2.05) is 13.8 Å². The summed E-state index contributed by atoms with van der Waals surface area (Å²) in [5, 5.41) is 24.8. The third-order valence-corrected chi connectivity index (χ3v) is 5.82. The van der Waals surface area contributed by atoms with Crippen LogP contribution >= 0.6 is 0 Å². The molecule has 234 valence electrons. The normalized spacial score (nSPS) is 19.7. The summed E-state index contributed by atoms with van der Waals surface area (Å²) in [5.41, 5.74) is 10.4. The van der Waals surface area contributed by atoms with Crippen molar-refractivity contribution in [2.45, 2.75) is 96.0 Å². The first kappa shape index (κ1) is 37.4. The van der Waals surface area contributed by atoms with Gasteiger partial charge in [-0.2, -0.15) is 0 Å². The molecule has 2 saturated heterocycles. The summed E-state index contributed by atoms with van der Waals surface area (Å²) in [5.74, 6) is -4.59. The van der Waals surface area contributed by atoms with E-state index in [4.69, 9.17) is 21.7 Å². The van der Waals surface area contributed by atoms with E-state index >= 15 is 0 Å². The number of rotatable bonds is 12. The highest BCUT2D eigenvalue weighted by Gasteiger charge is 2.30. The van der Waals surface area contributed by atoms with Crippen LogP contribution < -0.4 is 27.4 Å². The lowest BCUT2D eigenvalue weighted by Gasteiger charge is -2.17. The number of aliphatic carboxylic acids is 2. The maximum absolute atomic E-state index is 11.7. The summed E-state index contributed by atoms with van der Waals surface area (Å²) in [6.07, 6.45) is 1.85. The minimum atomic E-state index is -1.21. The Kier molecular flexibility index (Phi) is 17.7. The highest BCUT2D eigenvalue weighted by molar-refractivity contribution is 5.91. The van der Waals surface area contributed by atoms with Gasteiger partial charge in [0.15, 0.2) is 6.10 Å². The highest BCUT2D eigenvalue weighted by Crippen LogP contribution is 2.09. The Morgan fingerprint density at radius 2 is 1.68 bits per heavy atom. The number of ether oxygens (including phenoxy) is 2. The fraction of sp³-hybridized carbons (Fsp3) is 0.720. The van der Waals surface area contributed by atoms with Gasteiger partial charge in [0, 0.05) is 12.8 Å². The number of primary amides is 1. The molecule has 2 aliphatic heterocycles. The number of nitrogens with one attached hydrogen (secondary N) is 3. The van der Waals surface area contributed by atoms with Crippen molar-refractivity contribution in [1.82, 2.24) is 16.0 Å². The lowest BCUT2D eigenvalue weighted by Crippen LogP contribution is -2.41. The summed E-state index contributed by atoms with van der Waals surface area (Å²) in [4.78, 5) is 76.2. The molecule has 1 unspecified atom stereocenters. The number of amides is 2. The lowest BCUT2D eigenvalue weighted by molar-refractivity contribution is -0.164. The second-order valence-electron chi connectivity index (χ2n) is 9.89. The van der Waals surface area contributed by atoms with Crippen LogP contribution in [-0.2, 0) is 43.0 Å². The summed E-state index contributed by atoms with van der Waals surface area (Å²) < 4.78 is 9.27. The number of carboxylic acids is 2. The second kappa shape index (κ2) is 19.4. The van der Waals surface area contributed by atoms with Gasteiger partial charge < -0.3 is 47.1 Å². The minimum Gasteiger partial charge on any atom is -0.480 e. The van der Waals surface area contributed by atoms with Gasteiger partial charge in [0.05, 0.1) is 0 Å². The highest BCUT2D eigenvalue weighted by atomic mass is 16.6. The van der Waals surface area contributed by atoms with Crippen LogP contribution in [0.15, 0.2) is 0 Å². The van der Waals surface area contributed by atoms with E-state index in [9.17, 15) is 33.6 Å². The van der Waals surface area contributed by atoms with Gasteiger partial charge in [-0.3, -0.25) is 14.4 Å². The molecule has 5 atom stereocenters. The molecule has 0 aromatic rings. The van der Waals surface area contributed by atoms with Crippen molar-refractivity contribution in [2.24, 2.45) is 17.4 Å². The van der Waals surface area contributed by atoms with Crippen LogP contribution in [0.1, 0.15) is 65.7 Å². The molecule has 16 nitrogen and oxygen atoms in total. The van der Waals surface area contributed by atoms with E-state index in [2.05, 4.69) is 25.4 Å². The Morgan fingerprint density at radius 3 is 2.07 bits per heavy atom. The molecule has 0 saturated carbocycles. The van der Waals surface area contributed by atoms with Gasteiger partial charge in [0.25, 0.3) is 0 Å². The number of likely N-dealkylation sites (N-methyl/N-ethyl adjacent to an activating group) is 1. The molecule has 0 spiro atoms. The molecule has 2 fully saturated rings. The van der Waals surface area contributed by atoms with E-state index in [0.717, 1.165) is 19.4 Å². The summed E-state index contributed by atoms with van der Waals surface area (Å²) in [6.45, 7) is 6.03. The van der Waals surface area contributed by atoms with Crippen molar-refractivity contribution in [3.05, 3.63) is 0 Å². The smallest absolute Gasteiger partial charge is 0.344 e. The molecule has 2 aliphatic rings. The van der Waals surface area contributed by atoms with Crippen LogP contribution in [0.3, 0.4) is 0 Å². The summed E-state index contributed by atoms with van der Waals surface area (Å²) >= 11 is 0. The zero-order chi connectivity index (χ0) is 31.7. The van der Waals surface area contributed by atoms with Crippen LogP contribution in [0.25, 0.3) is 0 Å². The first-order valence-corrected chi connectivity index (χ1v) is 13.2. The van der Waals surface area contributed by atoms with Crippen molar-refractivity contribution < 1.29 is 53.2 Å². The monoisotopic (exact) mass is 589 g/mol.